The van der Waals surface area contributed by atoms with Crippen LogP contribution in [0.5, 0.6) is 0 Å². The monoisotopic (exact) mass is 281 g/mol. The molecule has 0 aliphatic rings. The lowest BCUT2D eigenvalue weighted by atomic mass is 10.0. The predicted octanol–water partition coefficient (Wildman–Crippen LogP) is 3.89. The van der Waals surface area contributed by atoms with Crippen LogP contribution in [-0.2, 0) is 6.42 Å². The first-order valence-electron chi connectivity index (χ1n) is 7.39. The first-order chi connectivity index (χ1) is 9.97. The van der Waals surface area contributed by atoms with Crippen molar-refractivity contribution in [2.45, 2.75) is 34.1 Å². The molecule has 2 aromatic carbocycles. The molecule has 2 nitrogen and oxygen atoms in total. The zero-order valence-electron chi connectivity index (χ0n) is 13.3. The fourth-order valence-electron chi connectivity index (χ4n) is 2.42. The summed E-state index contributed by atoms with van der Waals surface area (Å²) in [6.07, 6.45) is 0.864. The van der Waals surface area contributed by atoms with E-state index in [2.05, 4.69) is 44.3 Å². The van der Waals surface area contributed by atoms with Crippen LogP contribution in [-0.4, -0.2) is 12.5 Å². The highest BCUT2D eigenvalue weighted by Gasteiger charge is 2.06. The van der Waals surface area contributed by atoms with E-state index in [0.717, 1.165) is 17.5 Å². The van der Waals surface area contributed by atoms with Gasteiger partial charge in [0.15, 0.2) is 0 Å². The molecule has 21 heavy (non-hydrogen) atoms. The Morgan fingerprint density at radius 3 is 2.33 bits per heavy atom. The zero-order chi connectivity index (χ0) is 15.4. The lowest BCUT2D eigenvalue weighted by Gasteiger charge is -2.09. The van der Waals surface area contributed by atoms with Gasteiger partial charge in [0.2, 0.25) is 0 Å². The predicted molar refractivity (Wildman–Crippen MR) is 87.9 cm³/mol. The molecule has 110 valence electrons. The highest BCUT2D eigenvalue weighted by Crippen LogP contribution is 2.12. The van der Waals surface area contributed by atoms with Crippen molar-refractivity contribution in [3.05, 3.63) is 69.8 Å². The molecule has 0 atom stereocenters. The van der Waals surface area contributed by atoms with Gasteiger partial charge in [-0.2, -0.15) is 0 Å². The van der Waals surface area contributed by atoms with Gasteiger partial charge in [0, 0.05) is 12.1 Å². The van der Waals surface area contributed by atoms with Crippen LogP contribution in [0.3, 0.4) is 0 Å². The van der Waals surface area contributed by atoms with Crippen LogP contribution < -0.4 is 5.32 Å². The van der Waals surface area contributed by atoms with Crippen LogP contribution in [0.15, 0.2) is 36.4 Å². The van der Waals surface area contributed by atoms with Gasteiger partial charge >= 0.3 is 0 Å². The molecular formula is C19H23NO. The standard InChI is InChI=1S/C19H23NO/c1-13-5-7-17(16(4)11-13)9-10-20-19(21)18-8-6-14(2)15(3)12-18/h5-8,11-12H,9-10H2,1-4H3,(H,20,21). The van der Waals surface area contributed by atoms with Gasteiger partial charge in [-0.15, -0.1) is 0 Å². The number of amides is 1. The molecule has 0 saturated carbocycles. The van der Waals surface area contributed by atoms with E-state index < -0.39 is 0 Å². The fourth-order valence-corrected chi connectivity index (χ4v) is 2.42. The number of aryl methyl sites for hydroxylation is 4. The number of rotatable bonds is 4. The number of nitrogens with one attached hydrogen (secondary N) is 1. The molecule has 1 N–H and O–H groups in total. The van der Waals surface area contributed by atoms with E-state index in [4.69, 9.17) is 0 Å². The van der Waals surface area contributed by atoms with Gasteiger partial charge in [-0.3, -0.25) is 4.79 Å². The zero-order valence-corrected chi connectivity index (χ0v) is 13.3. The Balaban J connectivity index is 1.93. The van der Waals surface area contributed by atoms with E-state index in [9.17, 15) is 4.79 Å². The Bertz CT molecular complexity index is 659. The molecule has 2 heteroatoms. The molecule has 0 heterocycles. The van der Waals surface area contributed by atoms with Crippen LogP contribution >= 0.6 is 0 Å². The third-order valence-corrected chi connectivity index (χ3v) is 3.95. The van der Waals surface area contributed by atoms with Gasteiger partial charge in [-0.05, 0) is 68.5 Å². The summed E-state index contributed by atoms with van der Waals surface area (Å²) < 4.78 is 0. The van der Waals surface area contributed by atoms with Crippen molar-refractivity contribution in [2.75, 3.05) is 6.54 Å². The van der Waals surface area contributed by atoms with E-state index in [1.54, 1.807) is 0 Å². The second-order valence-corrected chi connectivity index (χ2v) is 5.73. The third kappa shape index (κ3) is 3.94. The average molecular weight is 281 g/mol. The summed E-state index contributed by atoms with van der Waals surface area (Å²) >= 11 is 0. The molecule has 0 saturated heterocycles. The SMILES string of the molecule is Cc1ccc(CCNC(=O)c2ccc(C)c(C)c2)c(C)c1. The molecule has 1 amide bonds. The lowest BCUT2D eigenvalue weighted by Crippen LogP contribution is -2.26. The quantitative estimate of drug-likeness (QED) is 0.905. The maximum absolute atomic E-state index is 12.1. The first-order valence-corrected chi connectivity index (χ1v) is 7.39. The summed E-state index contributed by atoms with van der Waals surface area (Å²) in [5.41, 5.74) is 6.95. The molecule has 2 rings (SSSR count). The van der Waals surface area contributed by atoms with E-state index in [1.807, 2.05) is 25.1 Å². The molecule has 2 aromatic rings. The van der Waals surface area contributed by atoms with Gasteiger partial charge in [0.05, 0.1) is 0 Å². The maximum atomic E-state index is 12.1. The highest BCUT2D eigenvalue weighted by atomic mass is 16.1. The number of hydrogen-bond acceptors (Lipinski definition) is 1. The first kappa shape index (κ1) is 15.3. The molecule has 0 aliphatic carbocycles. The molecule has 0 spiro atoms. The molecule has 0 fully saturated rings. The fraction of sp³-hybridized carbons (Fsp3) is 0.316. The molecule has 0 radical (unpaired) electrons. The number of benzene rings is 2. The summed E-state index contributed by atoms with van der Waals surface area (Å²) in [7, 11) is 0. The van der Waals surface area contributed by atoms with Crippen molar-refractivity contribution in [1.82, 2.24) is 5.32 Å². The van der Waals surface area contributed by atoms with Crippen molar-refractivity contribution < 1.29 is 4.79 Å². The van der Waals surface area contributed by atoms with Crippen molar-refractivity contribution in [1.29, 1.82) is 0 Å². The lowest BCUT2D eigenvalue weighted by molar-refractivity contribution is 0.0954. The number of carbonyl (C=O) groups excluding carboxylic acids is 1. The van der Waals surface area contributed by atoms with Crippen LogP contribution in [0.4, 0.5) is 0 Å². The Labute approximate surface area is 127 Å². The highest BCUT2D eigenvalue weighted by molar-refractivity contribution is 5.94. The van der Waals surface area contributed by atoms with E-state index in [1.165, 1.54) is 22.3 Å². The van der Waals surface area contributed by atoms with E-state index in [-0.39, 0.29) is 5.91 Å². The third-order valence-electron chi connectivity index (χ3n) is 3.95. The van der Waals surface area contributed by atoms with Crippen molar-refractivity contribution in [2.24, 2.45) is 0 Å². The van der Waals surface area contributed by atoms with Gasteiger partial charge < -0.3 is 5.32 Å². The Kier molecular flexibility index (Phi) is 4.79. The summed E-state index contributed by atoms with van der Waals surface area (Å²) in [5, 5.41) is 3.00. The molecule has 0 unspecified atom stereocenters. The van der Waals surface area contributed by atoms with Crippen LogP contribution in [0, 0.1) is 27.7 Å². The molecule has 0 bridgehead atoms. The van der Waals surface area contributed by atoms with Crippen LogP contribution in [0.2, 0.25) is 0 Å². The Morgan fingerprint density at radius 1 is 0.905 bits per heavy atom. The second-order valence-electron chi connectivity index (χ2n) is 5.73. The minimum Gasteiger partial charge on any atom is -0.352 e. The second kappa shape index (κ2) is 6.57. The number of hydrogen-bond donors (Lipinski definition) is 1. The van der Waals surface area contributed by atoms with E-state index in [0.29, 0.717) is 6.54 Å². The van der Waals surface area contributed by atoms with Crippen LogP contribution in [0.25, 0.3) is 0 Å². The van der Waals surface area contributed by atoms with Crippen molar-refractivity contribution in [3.8, 4) is 0 Å². The largest absolute Gasteiger partial charge is 0.352 e. The normalized spacial score (nSPS) is 10.5. The smallest absolute Gasteiger partial charge is 0.251 e. The van der Waals surface area contributed by atoms with Gasteiger partial charge in [0.25, 0.3) is 5.91 Å². The molecule has 0 aliphatic heterocycles. The van der Waals surface area contributed by atoms with E-state index >= 15 is 0 Å². The van der Waals surface area contributed by atoms with Crippen molar-refractivity contribution in [3.63, 3.8) is 0 Å². The minimum atomic E-state index is 0.00265. The summed E-state index contributed by atoms with van der Waals surface area (Å²) in [4.78, 5) is 12.1. The number of carbonyl (C=O) groups is 1. The van der Waals surface area contributed by atoms with Gasteiger partial charge in [0.1, 0.15) is 0 Å². The average Bonchev–Trinajstić information content (AvgIpc) is 2.44. The van der Waals surface area contributed by atoms with Gasteiger partial charge in [-0.25, -0.2) is 0 Å². The maximum Gasteiger partial charge on any atom is 0.251 e. The van der Waals surface area contributed by atoms with Crippen LogP contribution in [0.1, 0.15) is 38.2 Å². The summed E-state index contributed by atoms with van der Waals surface area (Å²) in [6, 6.07) is 12.3. The topological polar surface area (TPSA) is 29.1 Å². The van der Waals surface area contributed by atoms with Gasteiger partial charge in [-0.1, -0.05) is 29.8 Å². The summed E-state index contributed by atoms with van der Waals surface area (Å²) in [5.74, 6) is 0.00265. The Morgan fingerprint density at radius 2 is 1.67 bits per heavy atom. The molecule has 0 aromatic heterocycles. The summed E-state index contributed by atoms with van der Waals surface area (Å²) in [6.45, 7) is 8.96. The molecular weight excluding hydrogens is 258 g/mol. The Hall–Kier alpha value is -2.09. The minimum absolute atomic E-state index is 0.00265. The van der Waals surface area contributed by atoms with Crippen molar-refractivity contribution >= 4 is 5.91 Å².